The van der Waals surface area contributed by atoms with Crippen molar-refractivity contribution in [2.45, 2.75) is 25.7 Å². The Morgan fingerprint density at radius 2 is 1.73 bits per heavy atom. The summed E-state index contributed by atoms with van der Waals surface area (Å²) in [5.74, 6) is 1.98. The molecular formula is C32H27ClFN3O4. The Morgan fingerprint density at radius 3 is 2.54 bits per heavy atom. The number of hydrogen-bond donors (Lipinski definition) is 1. The fourth-order valence-electron chi connectivity index (χ4n) is 4.55. The largest absolute Gasteiger partial charge is 0.489 e. The number of aromatic nitrogens is 2. The van der Waals surface area contributed by atoms with E-state index in [1.807, 2.05) is 48.5 Å². The molecule has 1 aliphatic heterocycles. The van der Waals surface area contributed by atoms with Crippen molar-refractivity contribution in [1.82, 2.24) is 9.97 Å². The average Bonchev–Trinajstić information content (AvgIpc) is 3.49. The van der Waals surface area contributed by atoms with E-state index in [0.29, 0.717) is 70.1 Å². The molecule has 5 aromatic rings. The molecule has 1 aromatic heterocycles. The smallest absolute Gasteiger partial charge is 0.145 e. The molecule has 1 fully saturated rings. The first-order valence-electron chi connectivity index (χ1n) is 13.2. The highest BCUT2D eigenvalue weighted by atomic mass is 35.5. The molecule has 4 aromatic carbocycles. The summed E-state index contributed by atoms with van der Waals surface area (Å²) >= 11 is 6.54. The summed E-state index contributed by atoms with van der Waals surface area (Å²) in [7, 11) is 0. The average molecular weight is 572 g/mol. The summed E-state index contributed by atoms with van der Waals surface area (Å²) in [5, 5.41) is 4.47. The second-order valence-electron chi connectivity index (χ2n) is 9.60. The van der Waals surface area contributed by atoms with Gasteiger partial charge in [-0.25, -0.2) is 14.4 Å². The van der Waals surface area contributed by atoms with E-state index in [1.165, 1.54) is 18.5 Å². The van der Waals surface area contributed by atoms with Gasteiger partial charge in [0, 0.05) is 24.2 Å². The molecule has 1 saturated heterocycles. The number of fused-ring (bicyclic) bond motifs is 1. The molecule has 0 radical (unpaired) electrons. The van der Waals surface area contributed by atoms with Crippen LogP contribution in [0.2, 0.25) is 5.02 Å². The van der Waals surface area contributed by atoms with E-state index in [-0.39, 0.29) is 18.5 Å². The van der Waals surface area contributed by atoms with Crippen molar-refractivity contribution in [2.75, 3.05) is 18.5 Å². The molecule has 1 N–H and O–H groups in total. The molecule has 41 heavy (non-hydrogen) atoms. The molecule has 7 nitrogen and oxygen atoms in total. The van der Waals surface area contributed by atoms with Crippen molar-refractivity contribution in [3.05, 3.63) is 113 Å². The van der Waals surface area contributed by atoms with E-state index in [1.54, 1.807) is 24.3 Å². The maximum Gasteiger partial charge on any atom is 0.145 e. The van der Waals surface area contributed by atoms with Gasteiger partial charge in [-0.3, -0.25) is 0 Å². The van der Waals surface area contributed by atoms with Crippen LogP contribution in [0, 0.1) is 5.82 Å². The second-order valence-corrected chi connectivity index (χ2v) is 10.0. The number of benzene rings is 4. The van der Waals surface area contributed by atoms with Gasteiger partial charge in [-0.2, -0.15) is 0 Å². The molecule has 1 atom stereocenters. The van der Waals surface area contributed by atoms with Crippen LogP contribution in [0.25, 0.3) is 10.9 Å². The Morgan fingerprint density at radius 1 is 0.878 bits per heavy atom. The maximum absolute atomic E-state index is 13.5. The van der Waals surface area contributed by atoms with Crippen LogP contribution < -0.4 is 19.5 Å². The van der Waals surface area contributed by atoms with Crippen LogP contribution >= 0.6 is 11.6 Å². The predicted molar refractivity (Wildman–Crippen MR) is 156 cm³/mol. The first kappa shape index (κ1) is 26.8. The van der Waals surface area contributed by atoms with Crippen LogP contribution in [0.4, 0.5) is 15.9 Å². The Bertz CT molecular complexity index is 1650. The lowest BCUT2D eigenvalue weighted by molar-refractivity contribution is 0.142. The van der Waals surface area contributed by atoms with Gasteiger partial charge in [0.15, 0.2) is 0 Å². The van der Waals surface area contributed by atoms with E-state index >= 15 is 0 Å². The lowest BCUT2D eigenvalue weighted by Crippen LogP contribution is -2.16. The second kappa shape index (κ2) is 12.4. The minimum absolute atomic E-state index is 0.0837. The predicted octanol–water partition coefficient (Wildman–Crippen LogP) is 7.49. The van der Waals surface area contributed by atoms with E-state index < -0.39 is 0 Å². The molecule has 1 aliphatic rings. The van der Waals surface area contributed by atoms with Crippen LogP contribution in [0.5, 0.6) is 17.2 Å². The lowest BCUT2D eigenvalue weighted by atomic mass is 10.1. The highest BCUT2D eigenvalue weighted by Crippen LogP contribution is 2.38. The van der Waals surface area contributed by atoms with Crippen molar-refractivity contribution >= 4 is 34.0 Å². The molecular weight excluding hydrogens is 545 g/mol. The number of halogens is 2. The molecule has 1 unspecified atom stereocenters. The first-order chi connectivity index (χ1) is 20.1. The van der Waals surface area contributed by atoms with E-state index in [4.69, 9.17) is 30.5 Å². The maximum atomic E-state index is 13.5. The van der Waals surface area contributed by atoms with Crippen LogP contribution in [0.1, 0.15) is 17.5 Å². The van der Waals surface area contributed by atoms with Gasteiger partial charge in [-0.05, 0) is 41.5 Å². The zero-order valence-corrected chi connectivity index (χ0v) is 22.8. The molecule has 9 heteroatoms. The Labute approximate surface area is 241 Å². The Kier molecular flexibility index (Phi) is 8.11. The summed E-state index contributed by atoms with van der Waals surface area (Å²) in [6.45, 7) is 1.78. The first-order valence-corrected chi connectivity index (χ1v) is 13.6. The van der Waals surface area contributed by atoms with Crippen LogP contribution in [0.3, 0.4) is 0 Å². The number of hydrogen-bond acceptors (Lipinski definition) is 7. The third kappa shape index (κ3) is 6.67. The van der Waals surface area contributed by atoms with Crippen LogP contribution in [-0.2, 0) is 18.0 Å². The third-order valence-corrected chi connectivity index (χ3v) is 6.88. The molecule has 0 aliphatic carbocycles. The Balaban J connectivity index is 1.25. The highest BCUT2D eigenvalue weighted by Gasteiger charge is 2.21. The Hall–Kier alpha value is -4.40. The topological polar surface area (TPSA) is 74.7 Å². The number of anilines is 2. The standard InChI is InChI=1S/C32H27ClFN3O4/c33-27-14-24(9-10-29(27)40-18-22-7-4-8-23(34)13-22)37-32-31-28(35-20-36-32)15-26(39-17-21-5-2-1-3-6-21)16-30(31)41-25-11-12-38-19-25/h1-10,13-16,20,25H,11-12,17-19H2,(H,35,36,37). The molecule has 6 rings (SSSR count). The number of nitrogens with zero attached hydrogens (tertiary/aromatic N) is 2. The summed E-state index contributed by atoms with van der Waals surface area (Å²) in [6, 6.07) is 25.3. The number of ether oxygens (including phenoxy) is 4. The van der Waals surface area contributed by atoms with Gasteiger partial charge in [0.05, 0.1) is 29.1 Å². The van der Waals surface area contributed by atoms with Crippen LogP contribution in [-0.4, -0.2) is 29.3 Å². The normalized spacial score (nSPS) is 14.6. The summed E-state index contributed by atoms with van der Waals surface area (Å²) in [6.07, 6.45) is 2.20. The zero-order chi connectivity index (χ0) is 28.0. The molecule has 0 bridgehead atoms. The number of rotatable bonds is 10. The third-order valence-electron chi connectivity index (χ3n) is 6.58. The van der Waals surface area contributed by atoms with Crippen molar-refractivity contribution in [1.29, 1.82) is 0 Å². The van der Waals surface area contributed by atoms with Crippen molar-refractivity contribution in [3.63, 3.8) is 0 Å². The molecule has 0 spiro atoms. The van der Waals surface area contributed by atoms with E-state index in [2.05, 4.69) is 15.3 Å². The van der Waals surface area contributed by atoms with Crippen molar-refractivity contribution in [2.24, 2.45) is 0 Å². The fraction of sp³-hybridized carbons (Fsp3) is 0.188. The van der Waals surface area contributed by atoms with Gasteiger partial charge in [0.25, 0.3) is 0 Å². The monoisotopic (exact) mass is 571 g/mol. The zero-order valence-electron chi connectivity index (χ0n) is 22.1. The molecule has 2 heterocycles. The van der Waals surface area contributed by atoms with Crippen molar-refractivity contribution in [3.8, 4) is 17.2 Å². The lowest BCUT2D eigenvalue weighted by Gasteiger charge is -2.18. The van der Waals surface area contributed by atoms with Crippen LogP contribution in [0.15, 0.2) is 91.3 Å². The molecule has 208 valence electrons. The van der Waals surface area contributed by atoms with Gasteiger partial charge < -0.3 is 24.3 Å². The molecule has 0 amide bonds. The summed E-state index contributed by atoms with van der Waals surface area (Å²) in [4.78, 5) is 9.02. The van der Waals surface area contributed by atoms with Gasteiger partial charge in [-0.1, -0.05) is 54.1 Å². The number of nitrogens with one attached hydrogen (secondary N) is 1. The van der Waals surface area contributed by atoms with Crippen molar-refractivity contribution < 1.29 is 23.3 Å². The van der Waals surface area contributed by atoms with Gasteiger partial charge in [0.2, 0.25) is 0 Å². The minimum atomic E-state index is -0.312. The summed E-state index contributed by atoms with van der Waals surface area (Å²) in [5.41, 5.74) is 3.14. The quantitative estimate of drug-likeness (QED) is 0.186. The van der Waals surface area contributed by atoms with Gasteiger partial charge in [0.1, 0.15) is 54.5 Å². The fourth-order valence-corrected chi connectivity index (χ4v) is 4.78. The SMILES string of the molecule is Fc1cccc(COc2ccc(Nc3ncnc4cc(OCc5ccccc5)cc(OC5CCOC5)c34)cc2Cl)c1. The van der Waals surface area contributed by atoms with Gasteiger partial charge >= 0.3 is 0 Å². The minimum Gasteiger partial charge on any atom is -0.489 e. The van der Waals surface area contributed by atoms with Gasteiger partial charge in [-0.15, -0.1) is 0 Å². The van der Waals surface area contributed by atoms with E-state index in [0.717, 1.165) is 12.0 Å². The van der Waals surface area contributed by atoms with E-state index in [9.17, 15) is 4.39 Å². The highest BCUT2D eigenvalue weighted by molar-refractivity contribution is 6.32. The molecule has 0 saturated carbocycles. The summed E-state index contributed by atoms with van der Waals surface area (Å²) < 4.78 is 37.3.